The predicted octanol–water partition coefficient (Wildman–Crippen LogP) is 3.39. The number of carbonyl (C=O) groups excluding carboxylic acids is 1. The molecule has 0 spiro atoms. The summed E-state index contributed by atoms with van der Waals surface area (Å²) in [7, 11) is -2.66. The van der Waals surface area contributed by atoms with Crippen LogP contribution in [0.1, 0.15) is 15.9 Å². The molecule has 9 nitrogen and oxygen atoms in total. The maximum atomic E-state index is 13.3. The molecule has 0 atom stereocenters. The van der Waals surface area contributed by atoms with Crippen molar-refractivity contribution in [1.29, 1.82) is 0 Å². The number of anilines is 1. The maximum absolute atomic E-state index is 13.3. The lowest BCUT2D eigenvalue weighted by Gasteiger charge is -2.24. The Balaban J connectivity index is 1.81. The van der Waals surface area contributed by atoms with Gasteiger partial charge >= 0.3 is 5.97 Å². The summed E-state index contributed by atoms with van der Waals surface area (Å²) in [5, 5.41) is 13.1. The van der Waals surface area contributed by atoms with Gasteiger partial charge in [-0.25, -0.2) is 18.6 Å². The van der Waals surface area contributed by atoms with Gasteiger partial charge in [0.1, 0.15) is 12.3 Å². The lowest BCUT2D eigenvalue weighted by Crippen LogP contribution is -2.39. The van der Waals surface area contributed by atoms with Crippen LogP contribution in [-0.4, -0.2) is 45.3 Å². The Labute approximate surface area is 201 Å². The number of hydrogen-bond acceptors (Lipinski definition) is 6. The van der Waals surface area contributed by atoms with E-state index in [0.717, 1.165) is 4.31 Å². The van der Waals surface area contributed by atoms with Crippen LogP contribution in [0.15, 0.2) is 82.8 Å². The highest BCUT2D eigenvalue weighted by molar-refractivity contribution is 7.92. The normalized spacial score (nSPS) is 11.2. The second-order valence-electron chi connectivity index (χ2n) is 6.89. The van der Waals surface area contributed by atoms with Crippen LogP contribution in [0.4, 0.5) is 5.69 Å². The molecule has 0 aromatic heterocycles. The van der Waals surface area contributed by atoms with Gasteiger partial charge in [-0.15, -0.1) is 0 Å². The van der Waals surface area contributed by atoms with Crippen molar-refractivity contribution < 1.29 is 27.9 Å². The van der Waals surface area contributed by atoms with E-state index in [9.17, 15) is 18.0 Å². The second-order valence-corrected chi connectivity index (χ2v) is 9.19. The van der Waals surface area contributed by atoms with Crippen molar-refractivity contribution in [1.82, 2.24) is 5.43 Å². The molecule has 0 aliphatic heterocycles. The Morgan fingerprint density at radius 1 is 1.09 bits per heavy atom. The first kappa shape index (κ1) is 24.7. The van der Waals surface area contributed by atoms with Crippen molar-refractivity contribution in [2.75, 3.05) is 18.0 Å². The Morgan fingerprint density at radius 2 is 1.76 bits per heavy atom. The molecule has 0 saturated carbocycles. The zero-order chi connectivity index (χ0) is 24.7. The number of aromatic carboxylic acids is 1. The molecule has 3 rings (SSSR count). The zero-order valence-electron chi connectivity index (χ0n) is 17.9. The maximum Gasteiger partial charge on any atom is 0.335 e. The first-order valence-electron chi connectivity index (χ1n) is 9.78. The number of sulfonamides is 1. The molecule has 1 amide bonds. The Bertz CT molecular complexity index is 1310. The molecule has 0 aliphatic rings. The number of methoxy groups -OCH3 is 1. The predicted molar refractivity (Wildman–Crippen MR) is 128 cm³/mol. The third-order valence-corrected chi connectivity index (χ3v) is 6.61. The van der Waals surface area contributed by atoms with E-state index in [-0.39, 0.29) is 16.1 Å². The molecule has 3 aromatic rings. The number of halogens is 1. The molecule has 2 N–H and O–H groups in total. The summed E-state index contributed by atoms with van der Waals surface area (Å²) in [5.41, 5.74) is 3.14. The lowest BCUT2D eigenvalue weighted by molar-refractivity contribution is -0.119. The molecular weight excluding hydrogens is 482 g/mol. The smallest absolute Gasteiger partial charge is 0.335 e. The van der Waals surface area contributed by atoms with Crippen LogP contribution in [0.5, 0.6) is 5.75 Å². The van der Waals surface area contributed by atoms with Gasteiger partial charge in [-0.05, 0) is 60.2 Å². The topological polar surface area (TPSA) is 125 Å². The SMILES string of the molecule is COc1ccc(S(=O)(=O)N(CC(=O)N/N=C\c2ccc(C(=O)O)cc2)c2cccc(Cl)c2)cc1. The standard InChI is InChI=1S/C23H20ClN3O6S/c1-33-20-9-11-21(12-10-20)34(31,32)27(19-4-2-3-18(24)13-19)15-22(28)26-25-14-16-5-7-17(8-6-16)23(29)30/h2-14H,15H2,1H3,(H,26,28)(H,29,30)/b25-14-. The fraction of sp³-hybridized carbons (Fsp3) is 0.0870. The van der Waals surface area contributed by atoms with E-state index in [2.05, 4.69) is 10.5 Å². The van der Waals surface area contributed by atoms with Crippen LogP contribution in [0.2, 0.25) is 5.02 Å². The number of amides is 1. The highest BCUT2D eigenvalue weighted by atomic mass is 35.5. The molecule has 11 heteroatoms. The fourth-order valence-corrected chi connectivity index (χ4v) is 4.47. The van der Waals surface area contributed by atoms with Crippen molar-refractivity contribution in [3.05, 3.63) is 88.9 Å². The molecule has 0 fully saturated rings. The number of nitrogens with zero attached hydrogens (tertiary/aromatic N) is 2. The summed E-state index contributed by atoms with van der Waals surface area (Å²) in [5.74, 6) is -1.27. The van der Waals surface area contributed by atoms with E-state index in [1.807, 2.05) is 0 Å². The largest absolute Gasteiger partial charge is 0.497 e. The van der Waals surface area contributed by atoms with Crippen LogP contribution in [0.25, 0.3) is 0 Å². The third kappa shape index (κ3) is 6.12. The van der Waals surface area contributed by atoms with E-state index in [0.29, 0.717) is 16.3 Å². The minimum Gasteiger partial charge on any atom is -0.497 e. The summed E-state index contributed by atoms with van der Waals surface area (Å²) in [4.78, 5) is 23.4. The highest BCUT2D eigenvalue weighted by Gasteiger charge is 2.27. The number of carboxylic acid groups (broad SMARTS) is 1. The van der Waals surface area contributed by atoms with Crippen LogP contribution < -0.4 is 14.5 Å². The molecule has 0 bridgehead atoms. The van der Waals surface area contributed by atoms with E-state index < -0.39 is 28.4 Å². The summed E-state index contributed by atoms with van der Waals surface area (Å²) >= 11 is 6.04. The minimum absolute atomic E-state index is 0.0388. The van der Waals surface area contributed by atoms with E-state index >= 15 is 0 Å². The molecule has 34 heavy (non-hydrogen) atoms. The monoisotopic (exact) mass is 501 g/mol. The van der Waals surface area contributed by atoms with E-state index in [1.54, 1.807) is 12.1 Å². The average molecular weight is 502 g/mol. The van der Waals surface area contributed by atoms with Gasteiger partial charge in [0.25, 0.3) is 15.9 Å². The number of hydrazone groups is 1. The summed E-state index contributed by atoms with van der Waals surface area (Å²) in [6.45, 7) is -0.565. The van der Waals surface area contributed by atoms with Gasteiger partial charge in [-0.2, -0.15) is 5.10 Å². The molecule has 0 radical (unpaired) electrons. The number of carboxylic acids is 1. The van der Waals surface area contributed by atoms with E-state index in [4.69, 9.17) is 21.4 Å². The molecule has 0 aliphatic carbocycles. The lowest BCUT2D eigenvalue weighted by atomic mass is 10.1. The number of rotatable bonds is 9. The Hall–Kier alpha value is -3.89. The van der Waals surface area contributed by atoms with Gasteiger partial charge < -0.3 is 9.84 Å². The van der Waals surface area contributed by atoms with Crippen LogP contribution in [-0.2, 0) is 14.8 Å². The van der Waals surface area contributed by atoms with Crippen molar-refractivity contribution in [3.63, 3.8) is 0 Å². The molecular formula is C23H20ClN3O6S. The molecule has 0 saturated heterocycles. The van der Waals surface area contributed by atoms with Crippen LogP contribution >= 0.6 is 11.6 Å². The number of ether oxygens (including phenoxy) is 1. The summed E-state index contributed by atoms with van der Waals surface area (Å²) in [6, 6.07) is 17.7. The zero-order valence-corrected chi connectivity index (χ0v) is 19.5. The van der Waals surface area contributed by atoms with Crippen molar-refractivity contribution in [2.24, 2.45) is 5.10 Å². The third-order valence-electron chi connectivity index (χ3n) is 4.59. The van der Waals surface area contributed by atoms with Gasteiger partial charge in [0.2, 0.25) is 0 Å². The minimum atomic E-state index is -4.13. The second kappa shape index (κ2) is 10.8. The van der Waals surface area contributed by atoms with Crippen molar-refractivity contribution in [2.45, 2.75) is 4.90 Å². The molecule has 0 heterocycles. The fourth-order valence-electron chi connectivity index (χ4n) is 2.88. The van der Waals surface area contributed by atoms with Gasteiger partial charge in [0.05, 0.1) is 29.5 Å². The van der Waals surface area contributed by atoms with Crippen LogP contribution in [0, 0.1) is 0 Å². The number of benzene rings is 3. The number of carbonyl (C=O) groups is 2. The summed E-state index contributed by atoms with van der Waals surface area (Å²) < 4.78 is 32.7. The molecule has 3 aromatic carbocycles. The van der Waals surface area contributed by atoms with Gasteiger partial charge in [-0.3, -0.25) is 9.10 Å². The van der Waals surface area contributed by atoms with E-state index in [1.165, 1.54) is 74.0 Å². The average Bonchev–Trinajstić information content (AvgIpc) is 2.82. The highest BCUT2D eigenvalue weighted by Crippen LogP contribution is 2.27. The quantitative estimate of drug-likeness (QED) is 0.342. The van der Waals surface area contributed by atoms with Gasteiger partial charge in [0.15, 0.2) is 0 Å². The van der Waals surface area contributed by atoms with Crippen molar-refractivity contribution in [3.8, 4) is 5.75 Å². The van der Waals surface area contributed by atoms with Gasteiger partial charge in [0, 0.05) is 5.02 Å². The molecule has 176 valence electrons. The first-order valence-corrected chi connectivity index (χ1v) is 11.6. The number of nitrogens with one attached hydrogen (secondary N) is 1. The number of hydrogen-bond donors (Lipinski definition) is 2. The van der Waals surface area contributed by atoms with Crippen LogP contribution in [0.3, 0.4) is 0 Å². The molecule has 0 unspecified atom stereocenters. The summed E-state index contributed by atoms with van der Waals surface area (Å²) in [6.07, 6.45) is 1.31. The Kier molecular flexibility index (Phi) is 7.87. The van der Waals surface area contributed by atoms with Crippen molar-refractivity contribution >= 4 is 45.4 Å². The Morgan fingerprint density at radius 3 is 2.35 bits per heavy atom. The first-order chi connectivity index (χ1) is 16.2. The van der Waals surface area contributed by atoms with Gasteiger partial charge in [-0.1, -0.05) is 29.8 Å².